The molecule has 1 aromatic heterocycles. The largest absolute Gasteiger partial charge is 0.496 e. The normalized spacial score (nSPS) is 12.6. The number of aryl methyl sites for hydroxylation is 1. The van der Waals surface area contributed by atoms with Gasteiger partial charge < -0.3 is 14.9 Å². The van der Waals surface area contributed by atoms with Crippen LogP contribution in [-0.4, -0.2) is 7.11 Å². The maximum atomic E-state index is 6.40. The molecule has 3 rings (SSSR count). The first-order valence-corrected chi connectivity index (χ1v) is 7.00. The smallest absolute Gasteiger partial charge is 0.134 e. The Morgan fingerprint density at radius 2 is 1.86 bits per heavy atom. The van der Waals surface area contributed by atoms with Gasteiger partial charge in [-0.2, -0.15) is 0 Å². The standard InChI is InChI=1S/C18H19NO2/c1-11-8-9-14(18(20-3)12(11)2)17(19)16-10-13-6-4-5-7-15(13)21-16/h4-10,17H,19H2,1-3H3. The van der Waals surface area contributed by atoms with E-state index in [4.69, 9.17) is 14.9 Å². The van der Waals surface area contributed by atoms with Crippen molar-refractivity contribution in [1.82, 2.24) is 0 Å². The highest BCUT2D eigenvalue weighted by atomic mass is 16.5. The minimum Gasteiger partial charge on any atom is -0.496 e. The van der Waals surface area contributed by atoms with Crippen LogP contribution in [0.1, 0.15) is 28.5 Å². The van der Waals surface area contributed by atoms with Gasteiger partial charge in [0.15, 0.2) is 0 Å². The van der Waals surface area contributed by atoms with Gasteiger partial charge in [0.1, 0.15) is 17.1 Å². The Morgan fingerprint density at radius 3 is 2.57 bits per heavy atom. The highest BCUT2D eigenvalue weighted by Crippen LogP contribution is 2.34. The Morgan fingerprint density at radius 1 is 1.10 bits per heavy atom. The number of para-hydroxylation sites is 1. The molecular weight excluding hydrogens is 262 g/mol. The van der Waals surface area contributed by atoms with Gasteiger partial charge in [0.25, 0.3) is 0 Å². The SMILES string of the molecule is COc1c(C(N)c2cc3ccccc3o2)ccc(C)c1C. The minimum absolute atomic E-state index is 0.341. The Kier molecular flexibility index (Phi) is 3.43. The Balaban J connectivity index is 2.09. The van der Waals surface area contributed by atoms with Gasteiger partial charge in [0.2, 0.25) is 0 Å². The lowest BCUT2D eigenvalue weighted by atomic mass is 9.98. The van der Waals surface area contributed by atoms with E-state index in [1.807, 2.05) is 43.3 Å². The van der Waals surface area contributed by atoms with E-state index < -0.39 is 0 Å². The van der Waals surface area contributed by atoms with Crippen molar-refractivity contribution in [3.63, 3.8) is 0 Å². The van der Waals surface area contributed by atoms with E-state index in [0.29, 0.717) is 0 Å². The summed E-state index contributed by atoms with van der Waals surface area (Å²) in [6, 6.07) is 13.6. The molecule has 0 aliphatic rings. The van der Waals surface area contributed by atoms with Crippen LogP contribution in [0.4, 0.5) is 0 Å². The number of furan rings is 1. The van der Waals surface area contributed by atoms with Gasteiger partial charge >= 0.3 is 0 Å². The first-order valence-electron chi connectivity index (χ1n) is 7.00. The predicted molar refractivity (Wildman–Crippen MR) is 84.7 cm³/mol. The lowest BCUT2D eigenvalue weighted by Crippen LogP contribution is -2.13. The van der Waals surface area contributed by atoms with Crippen LogP contribution in [0, 0.1) is 13.8 Å². The van der Waals surface area contributed by atoms with Crippen molar-refractivity contribution >= 4 is 11.0 Å². The highest BCUT2D eigenvalue weighted by molar-refractivity contribution is 5.78. The van der Waals surface area contributed by atoms with Crippen molar-refractivity contribution < 1.29 is 9.15 Å². The fraction of sp³-hybridized carbons (Fsp3) is 0.222. The molecule has 3 heteroatoms. The second kappa shape index (κ2) is 5.26. The van der Waals surface area contributed by atoms with Gasteiger partial charge in [-0.1, -0.05) is 30.3 Å². The topological polar surface area (TPSA) is 48.4 Å². The predicted octanol–water partition coefficient (Wildman–Crippen LogP) is 4.11. The second-order valence-corrected chi connectivity index (χ2v) is 5.29. The van der Waals surface area contributed by atoms with E-state index in [1.54, 1.807) is 7.11 Å². The van der Waals surface area contributed by atoms with E-state index >= 15 is 0 Å². The summed E-state index contributed by atoms with van der Waals surface area (Å²) in [5, 5.41) is 1.06. The number of benzene rings is 2. The molecule has 0 amide bonds. The minimum atomic E-state index is -0.341. The fourth-order valence-electron chi connectivity index (χ4n) is 2.64. The fourth-order valence-corrected chi connectivity index (χ4v) is 2.64. The van der Waals surface area contributed by atoms with Crippen LogP contribution >= 0.6 is 0 Å². The summed E-state index contributed by atoms with van der Waals surface area (Å²) < 4.78 is 11.4. The average molecular weight is 281 g/mol. The molecule has 2 N–H and O–H groups in total. The summed E-state index contributed by atoms with van der Waals surface area (Å²) in [5.74, 6) is 1.58. The Labute approximate surface area is 124 Å². The first-order chi connectivity index (χ1) is 10.1. The van der Waals surface area contributed by atoms with Gasteiger partial charge in [0, 0.05) is 10.9 Å². The number of hydrogen-bond donors (Lipinski definition) is 1. The molecule has 3 nitrogen and oxygen atoms in total. The number of nitrogens with two attached hydrogens (primary N) is 1. The van der Waals surface area contributed by atoms with Crippen molar-refractivity contribution in [2.24, 2.45) is 5.73 Å². The summed E-state index contributed by atoms with van der Waals surface area (Å²) in [6.07, 6.45) is 0. The summed E-state index contributed by atoms with van der Waals surface area (Å²) in [7, 11) is 1.68. The third-order valence-corrected chi connectivity index (χ3v) is 4.00. The van der Waals surface area contributed by atoms with Gasteiger partial charge in [-0.05, 0) is 37.1 Å². The third-order valence-electron chi connectivity index (χ3n) is 4.00. The van der Waals surface area contributed by atoms with Gasteiger partial charge in [-0.15, -0.1) is 0 Å². The molecule has 108 valence electrons. The molecule has 21 heavy (non-hydrogen) atoms. The zero-order valence-corrected chi connectivity index (χ0v) is 12.5. The van der Waals surface area contributed by atoms with Crippen molar-refractivity contribution in [2.75, 3.05) is 7.11 Å². The van der Waals surface area contributed by atoms with Crippen molar-refractivity contribution in [3.05, 3.63) is 64.9 Å². The molecule has 1 unspecified atom stereocenters. The lowest BCUT2D eigenvalue weighted by Gasteiger charge is -2.17. The maximum Gasteiger partial charge on any atom is 0.134 e. The molecule has 0 saturated carbocycles. The molecule has 3 aromatic rings. The Hall–Kier alpha value is -2.26. The summed E-state index contributed by atoms with van der Waals surface area (Å²) in [5.41, 5.74) is 10.5. The van der Waals surface area contributed by atoms with E-state index in [0.717, 1.165) is 33.6 Å². The summed E-state index contributed by atoms with van der Waals surface area (Å²) in [6.45, 7) is 4.11. The average Bonchev–Trinajstić information content (AvgIpc) is 2.93. The second-order valence-electron chi connectivity index (χ2n) is 5.29. The van der Waals surface area contributed by atoms with Crippen molar-refractivity contribution in [2.45, 2.75) is 19.9 Å². The molecule has 0 spiro atoms. The molecule has 0 saturated heterocycles. The number of methoxy groups -OCH3 is 1. The summed E-state index contributed by atoms with van der Waals surface area (Å²) in [4.78, 5) is 0. The van der Waals surface area contributed by atoms with Crippen LogP contribution in [0.3, 0.4) is 0 Å². The van der Waals surface area contributed by atoms with Crippen LogP contribution in [0.5, 0.6) is 5.75 Å². The number of fused-ring (bicyclic) bond motifs is 1. The lowest BCUT2D eigenvalue weighted by molar-refractivity contribution is 0.401. The molecule has 0 fully saturated rings. The maximum absolute atomic E-state index is 6.40. The van der Waals surface area contributed by atoms with Crippen LogP contribution < -0.4 is 10.5 Å². The van der Waals surface area contributed by atoms with Crippen molar-refractivity contribution in [1.29, 1.82) is 0 Å². The molecule has 1 atom stereocenters. The monoisotopic (exact) mass is 281 g/mol. The van der Waals surface area contributed by atoms with Gasteiger partial charge in [0.05, 0.1) is 13.2 Å². The molecule has 1 heterocycles. The molecule has 0 radical (unpaired) electrons. The van der Waals surface area contributed by atoms with Crippen LogP contribution in [-0.2, 0) is 0 Å². The molecule has 0 bridgehead atoms. The van der Waals surface area contributed by atoms with E-state index in [1.165, 1.54) is 5.56 Å². The van der Waals surface area contributed by atoms with Crippen molar-refractivity contribution in [3.8, 4) is 5.75 Å². The van der Waals surface area contributed by atoms with E-state index in [9.17, 15) is 0 Å². The zero-order chi connectivity index (χ0) is 15.0. The quantitative estimate of drug-likeness (QED) is 0.786. The van der Waals surface area contributed by atoms with Gasteiger partial charge in [-0.25, -0.2) is 0 Å². The van der Waals surface area contributed by atoms with Crippen LogP contribution in [0.2, 0.25) is 0 Å². The highest BCUT2D eigenvalue weighted by Gasteiger charge is 2.19. The molecule has 0 aliphatic carbocycles. The summed E-state index contributed by atoms with van der Waals surface area (Å²) >= 11 is 0. The van der Waals surface area contributed by atoms with Gasteiger partial charge in [-0.3, -0.25) is 0 Å². The zero-order valence-electron chi connectivity index (χ0n) is 12.5. The molecule has 0 aliphatic heterocycles. The Bertz CT molecular complexity index is 756. The molecular formula is C18H19NO2. The van der Waals surface area contributed by atoms with E-state index in [-0.39, 0.29) is 6.04 Å². The van der Waals surface area contributed by atoms with Crippen LogP contribution in [0.15, 0.2) is 46.9 Å². The molecule has 2 aromatic carbocycles. The van der Waals surface area contributed by atoms with Crippen LogP contribution in [0.25, 0.3) is 11.0 Å². The number of ether oxygens (including phenoxy) is 1. The first kappa shape index (κ1) is 13.7. The third kappa shape index (κ3) is 2.30. The number of hydrogen-bond acceptors (Lipinski definition) is 3. The number of rotatable bonds is 3. The van der Waals surface area contributed by atoms with E-state index in [2.05, 4.69) is 13.0 Å².